The second-order valence-corrected chi connectivity index (χ2v) is 9.02. The summed E-state index contributed by atoms with van der Waals surface area (Å²) in [4.78, 5) is 37.4. The van der Waals surface area contributed by atoms with Gasteiger partial charge in [-0.05, 0) is 49.7 Å². The Morgan fingerprint density at radius 1 is 1.27 bits per heavy atom. The molecule has 0 aromatic rings. The van der Waals surface area contributed by atoms with E-state index in [-0.39, 0.29) is 35.7 Å². The summed E-state index contributed by atoms with van der Waals surface area (Å²) in [5, 5.41) is 20.5. The minimum atomic E-state index is -1.62. The molecule has 0 spiro atoms. The van der Waals surface area contributed by atoms with Crippen LogP contribution in [-0.2, 0) is 14.4 Å². The Labute approximate surface area is 153 Å². The maximum Gasteiger partial charge on any atom is 0.190 e. The molecular weight excluding hydrogens is 332 g/mol. The van der Waals surface area contributed by atoms with Crippen LogP contribution in [0.2, 0.25) is 0 Å². The summed E-state index contributed by atoms with van der Waals surface area (Å²) in [5.41, 5.74) is -1.86. The number of aliphatic hydroxyl groups is 2. The van der Waals surface area contributed by atoms with Crippen molar-refractivity contribution in [2.24, 2.45) is 28.6 Å². The first-order valence-electron chi connectivity index (χ1n) is 9.51. The van der Waals surface area contributed by atoms with Gasteiger partial charge in [0.25, 0.3) is 0 Å². The highest BCUT2D eigenvalue weighted by molar-refractivity contribution is 6.02. The lowest BCUT2D eigenvalue weighted by Gasteiger charge is -2.56. The molecule has 4 aliphatic rings. The first kappa shape index (κ1) is 17.8. The third-order valence-electron chi connectivity index (χ3n) is 8.01. The molecule has 0 unspecified atom stereocenters. The molecule has 3 fully saturated rings. The van der Waals surface area contributed by atoms with Crippen molar-refractivity contribution in [3.8, 4) is 0 Å². The van der Waals surface area contributed by atoms with Gasteiger partial charge in [0.1, 0.15) is 18.0 Å². The monoisotopic (exact) mass is 358 g/mol. The molecule has 4 aliphatic carbocycles. The molecule has 0 saturated heterocycles. The molecule has 0 amide bonds. The molecule has 0 aliphatic heterocycles. The van der Waals surface area contributed by atoms with E-state index in [1.54, 1.807) is 12.2 Å². The van der Waals surface area contributed by atoms with Crippen molar-refractivity contribution in [1.29, 1.82) is 0 Å². The number of hydrogen-bond acceptors (Lipinski definition) is 5. The maximum absolute atomic E-state index is 13.3. The SMILES string of the molecule is C[C@]12C=CC(=O)C=C1CC[C@@H]1[C@@H]2C(=O)C[C@@]2(C)[C@H]1CC[C@@]2(O)C(=O)CO. The number of rotatable bonds is 2. The number of ketones is 3. The Balaban J connectivity index is 1.76. The van der Waals surface area contributed by atoms with E-state index < -0.39 is 28.8 Å². The number of hydrogen-bond donors (Lipinski definition) is 2. The van der Waals surface area contributed by atoms with Crippen molar-refractivity contribution in [2.75, 3.05) is 6.61 Å². The van der Waals surface area contributed by atoms with Crippen LogP contribution in [0.15, 0.2) is 23.8 Å². The summed E-state index contributed by atoms with van der Waals surface area (Å²) < 4.78 is 0. The van der Waals surface area contributed by atoms with Crippen LogP contribution in [0.1, 0.15) is 46.0 Å². The van der Waals surface area contributed by atoms with E-state index in [1.807, 2.05) is 19.9 Å². The highest BCUT2D eigenvalue weighted by atomic mass is 16.3. The zero-order valence-corrected chi connectivity index (χ0v) is 15.3. The summed E-state index contributed by atoms with van der Waals surface area (Å²) in [6.45, 7) is 3.19. The summed E-state index contributed by atoms with van der Waals surface area (Å²) in [7, 11) is 0. The number of carbonyl (C=O) groups is 3. The van der Waals surface area contributed by atoms with Crippen molar-refractivity contribution in [2.45, 2.75) is 51.6 Å². The summed E-state index contributed by atoms with van der Waals surface area (Å²) >= 11 is 0. The zero-order chi connectivity index (χ0) is 18.9. The van der Waals surface area contributed by atoms with Gasteiger partial charge < -0.3 is 10.2 Å². The van der Waals surface area contributed by atoms with E-state index in [0.29, 0.717) is 12.8 Å². The molecule has 0 aromatic carbocycles. The van der Waals surface area contributed by atoms with Crippen LogP contribution < -0.4 is 0 Å². The third-order valence-corrected chi connectivity index (χ3v) is 8.01. The van der Waals surface area contributed by atoms with Crippen molar-refractivity contribution in [3.05, 3.63) is 23.8 Å². The molecule has 0 aromatic heterocycles. The molecule has 0 radical (unpaired) electrons. The minimum Gasteiger partial charge on any atom is -0.388 e. The second-order valence-electron chi connectivity index (χ2n) is 9.02. The fourth-order valence-electron chi connectivity index (χ4n) is 6.62. The van der Waals surface area contributed by atoms with Crippen LogP contribution in [0, 0.1) is 28.6 Å². The molecule has 26 heavy (non-hydrogen) atoms. The van der Waals surface area contributed by atoms with Crippen LogP contribution in [0.4, 0.5) is 0 Å². The molecule has 0 heterocycles. The molecule has 0 bridgehead atoms. The van der Waals surface area contributed by atoms with Crippen LogP contribution in [0.3, 0.4) is 0 Å². The van der Waals surface area contributed by atoms with Gasteiger partial charge in [0, 0.05) is 23.2 Å². The lowest BCUT2D eigenvalue weighted by Crippen LogP contribution is -2.60. The fraction of sp³-hybridized carbons (Fsp3) is 0.667. The first-order valence-corrected chi connectivity index (χ1v) is 9.51. The van der Waals surface area contributed by atoms with Gasteiger partial charge in [-0.1, -0.05) is 25.5 Å². The topological polar surface area (TPSA) is 91.7 Å². The Kier molecular flexibility index (Phi) is 3.74. The lowest BCUT2D eigenvalue weighted by atomic mass is 9.46. The van der Waals surface area contributed by atoms with Gasteiger partial charge in [0.05, 0.1) is 0 Å². The van der Waals surface area contributed by atoms with Crippen molar-refractivity contribution >= 4 is 17.3 Å². The average Bonchev–Trinajstić information content (AvgIpc) is 2.86. The summed E-state index contributed by atoms with van der Waals surface area (Å²) in [5.74, 6) is -0.590. The largest absolute Gasteiger partial charge is 0.388 e. The van der Waals surface area contributed by atoms with Crippen LogP contribution in [-0.4, -0.2) is 39.8 Å². The quantitative estimate of drug-likeness (QED) is 0.785. The predicted octanol–water partition coefficient (Wildman–Crippen LogP) is 1.77. The number of Topliss-reactive ketones (excluding diaryl/α,β-unsaturated/α-hetero) is 2. The van der Waals surface area contributed by atoms with Gasteiger partial charge >= 0.3 is 0 Å². The molecule has 4 rings (SSSR count). The smallest absolute Gasteiger partial charge is 0.190 e. The van der Waals surface area contributed by atoms with E-state index in [4.69, 9.17) is 0 Å². The van der Waals surface area contributed by atoms with E-state index in [1.165, 1.54) is 0 Å². The predicted molar refractivity (Wildman–Crippen MR) is 94.0 cm³/mol. The Hall–Kier alpha value is -1.59. The van der Waals surface area contributed by atoms with Gasteiger partial charge in [-0.2, -0.15) is 0 Å². The Morgan fingerprint density at radius 2 is 2.00 bits per heavy atom. The van der Waals surface area contributed by atoms with Gasteiger partial charge in [-0.3, -0.25) is 14.4 Å². The molecule has 3 saturated carbocycles. The fourth-order valence-corrected chi connectivity index (χ4v) is 6.62. The van der Waals surface area contributed by atoms with E-state index in [9.17, 15) is 24.6 Å². The molecule has 5 heteroatoms. The molecular formula is C21H26O5. The van der Waals surface area contributed by atoms with Crippen molar-refractivity contribution < 1.29 is 24.6 Å². The highest BCUT2D eigenvalue weighted by Gasteiger charge is 2.68. The maximum atomic E-state index is 13.3. The van der Waals surface area contributed by atoms with Crippen molar-refractivity contribution in [1.82, 2.24) is 0 Å². The molecule has 6 atom stereocenters. The van der Waals surface area contributed by atoms with E-state index in [2.05, 4.69) is 0 Å². The standard InChI is InChI=1S/C21H26O5/c1-19-7-5-13(23)9-12(19)3-4-14-15-6-8-21(26,17(25)11-22)20(15,2)10-16(24)18(14)19/h5,7,9,14-15,18,22,26H,3-4,6,8,10-11H2,1-2H3/t14-,15-,18+,19-,20-,21+/m0/s1. The lowest BCUT2D eigenvalue weighted by molar-refractivity contribution is -0.168. The Bertz CT molecular complexity index is 764. The number of fused-ring (bicyclic) bond motifs is 5. The first-order chi connectivity index (χ1) is 12.2. The third kappa shape index (κ3) is 2.01. The highest BCUT2D eigenvalue weighted by Crippen LogP contribution is 2.66. The van der Waals surface area contributed by atoms with Crippen molar-refractivity contribution in [3.63, 3.8) is 0 Å². The van der Waals surface area contributed by atoms with Gasteiger partial charge in [-0.25, -0.2) is 0 Å². The molecule has 2 N–H and O–H groups in total. The van der Waals surface area contributed by atoms with Gasteiger partial charge in [-0.15, -0.1) is 0 Å². The van der Waals surface area contributed by atoms with Crippen LogP contribution >= 0.6 is 0 Å². The molecule has 140 valence electrons. The number of aliphatic hydroxyl groups excluding tert-OH is 1. The van der Waals surface area contributed by atoms with E-state index in [0.717, 1.165) is 18.4 Å². The normalized spacial score (nSPS) is 47.1. The van der Waals surface area contributed by atoms with Gasteiger partial charge in [0.15, 0.2) is 11.6 Å². The minimum absolute atomic E-state index is 0.0206. The van der Waals surface area contributed by atoms with Crippen LogP contribution in [0.5, 0.6) is 0 Å². The molecule has 5 nitrogen and oxygen atoms in total. The number of carbonyl (C=O) groups excluding carboxylic acids is 3. The van der Waals surface area contributed by atoms with E-state index >= 15 is 0 Å². The summed E-state index contributed by atoms with van der Waals surface area (Å²) in [6.07, 6.45) is 7.82. The zero-order valence-electron chi connectivity index (χ0n) is 15.3. The van der Waals surface area contributed by atoms with Crippen LogP contribution in [0.25, 0.3) is 0 Å². The Morgan fingerprint density at radius 3 is 2.69 bits per heavy atom. The average molecular weight is 358 g/mol. The summed E-state index contributed by atoms with van der Waals surface area (Å²) in [6, 6.07) is 0. The second kappa shape index (κ2) is 5.46. The number of allylic oxidation sites excluding steroid dienone is 4. The van der Waals surface area contributed by atoms with Gasteiger partial charge in [0.2, 0.25) is 0 Å².